The maximum Gasteiger partial charge on any atom is 0.356 e. The third kappa shape index (κ3) is 2.20. The van der Waals surface area contributed by atoms with Gasteiger partial charge in [-0.25, -0.2) is 23.1 Å². The van der Waals surface area contributed by atoms with Gasteiger partial charge in [-0.3, -0.25) is 4.98 Å². The minimum Gasteiger partial charge on any atom is -0.476 e. The number of imidazole rings is 1. The van der Waals surface area contributed by atoms with Gasteiger partial charge in [0, 0.05) is 23.5 Å². The van der Waals surface area contributed by atoms with E-state index in [2.05, 4.69) is 15.1 Å². The SMILES string of the molecule is O=C(O)c1cn2ncc(-c3cccnc3)c(C(F)F)c2n1. The maximum absolute atomic E-state index is 13.4. The number of aromatic nitrogens is 4. The summed E-state index contributed by atoms with van der Waals surface area (Å²) in [5.74, 6) is -1.30. The van der Waals surface area contributed by atoms with Gasteiger partial charge in [0.1, 0.15) is 0 Å². The number of aromatic carboxylic acids is 1. The van der Waals surface area contributed by atoms with E-state index in [0.29, 0.717) is 5.56 Å². The molecule has 21 heavy (non-hydrogen) atoms. The first-order valence-electron chi connectivity index (χ1n) is 5.88. The van der Waals surface area contributed by atoms with Crippen molar-refractivity contribution in [2.24, 2.45) is 0 Å². The first-order valence-corrected chi connectivity index (χ1v) is 5.88. The lowest BCUT2D eigenvalue weighted by molar-refractivity contribution is 0.0691. The van der Waals surface area contributed by atoms with Crippen LogP contribution in [0.1, 0.15) is 22.5 Å². The molecule has 0 saturated carbocycles. The summed E-state index contributed by atoms with van der Waals surface area (Å²) in [6.07, 6.45) is 2.47. The van der Waals surface area contributed by atoms with Crippen molar-refractivity contribution in [2.75, 3.05) is 0 Å². The number of carbonyl (C=O) groups is 1. The normalized spacial score (nSPS) is 11.2. The van der Waals surface area contributed by atoms with Gasteiger partial charge in [-0.2, -0.15) is 5.10 Å². The summed E-state index contributed by atoms with van der Waals surface area (Å²) in [7, 11) is 0. The molecular weight excluding hydrogens is 282 g/mol. The summed E-state index contributed by atoms with van der Waals surface area (Å²) in [6, 6.07) is 3.23. The summed E-state index contributed by atoms with van der Waals surface area (Å²) in [4.78, 5) is 18.5. The smallest absolute Gasteiger partial charge is 0.356 e. The topological polar surface area (TPSA) is 80.4 Å². The van der Waals surface area contributed by atoms with Crippen LogP contribution in [0.2, 0.25) is 0 Å². The molecule has 0 atom stereocenters. The number of carboxylic acid groups (broad SMARTS) is 1. The fraction of sp³-hybridized carbons (Fsp3) is 0.0769. The van der Waals surface area contributed by atoms with E-state index in [1.807, 2.05) is 0 Å². The predicted molar refractivity (Wildman–Crippen MR) is 68.1 cm³/mol. The molecule has 8 heteroatoms. The van der Waals surface area contributed by atoms with Gasteiger partial charge in [0.05, 0.1) is 18.0 Å². The number of nitrogens with zero attached hydrogens (tertiary/aromatic N) is 4. The molecule has 0 amide bonds. The minimum atomic E-state index is -2.82. The molecule has 0 radical (unpaired) electrons. The third-order valence-electron chi connectivity index (χ3n) is 2.94. The van der Waals surface area contributed by atoms with Gasteiger partial charge in [-0.05, 0) is 6.07 Å². The number of carboxylic acids is 1. The second-order valence-corrected chi connectivity index (χ2v) is 4.21. The van der Waals surface area contributed by atoms with Crippen LogP contribution in [0.4, 0.5) is 8.78 Å². The molecule has 0 aliphatic rings. The van der Waals surface area contributed by atoms with Crippen LogP contribution in [-0.4, -0.2) is 30.7 Å². The van der Waals surface area contributed by atoms with Gasteiger partial charge in [0.2, 0.25) is 0 Å². The lowest BCUT2D eigenvalue weighted by Crippen LogP contribution is -2.00. The van der Waals surface area contributed by atoms with E-state index >= 15 is 0 Å². The van der Waals surface area contributed by atoms with E-state index in [9.17, 15) is 13.6 Å². The highest BCUT2D eigenvalue weighted by molar-refractivity contribution is 5.86. The van der Waals surface area contributed by atoms with E-state index in [0.717, 1.165) is 10.7 Å². The molecule has 1 N–H and O–H groups in total. The van der Waals surface area contributed by atoms with E-state index in [-0.39, 0.29) is 22.5 Å². The zero-order chi connectivity index (χ0) is 15.0. The average molecular weight is 290 g/mol. The van der Waals surface area contributed by atoms with Gasteiger partial charge in [-0.1, -0.05) is 6.07 Å². The van der Waals surface area contributed by atoms with Crippen LogP contribution in [0.15, 0.2) is 36.9 Å². The Morgan fingerprint density at radius 2 is 2.14 bits per heavy atom. The maximum atomic E-state index is 13.4. The summed E-state index contributed by atoms with van der Waals surface area (Å²) in [6.45, 7) is 0. The van der Waals surface area contributed by atoms with Gasteiger partial charge in [0.25, 0.3) is 6.43 Å². The van der Waals surface area contributed by atoms with Crippen LogP contribution < -0.4 is 0 Å². The van der Waals surface area contributed by atoms with Crippen molar-refractivity contribution in [3.63, 3.8) is 0 Å². The fourth-order valence-corrected chi connectivity index (χ4v) is 2.02. The molecule has 0 bridgehead atoms. The third-order valence-corrected chi connectivity index (χ3v) is 2.94. The summed E-state index contributed by atoms with van der Waals surface area (Å²) in [5, 5.41) is 12.8. The minimum absolute atomic E-state index is 0.174. The van der Waals surface area contributed by atoms with Gasteiger partial charge in [0.15, 0.2) is 11.3 Å². The van der Waals surface area contributed by atoms with Crippen LogP contribution >= 0.6 is 0 Å². The number of halogens is 2. The first-order chi connectivity index (χ1) is 10.1. The highest BCUT2D eigenvalue weighted by atomic mass is 19.3. The highest BCUT2D eigenvalue weighted by Gasteiger charge is 2.22. The average Bonchev–Trinajstić information content (AvgIpc) is 2.91. The molecule has 0 saturated heterocycles. The summed E-state index contributed by atoms with van der Waals surface area (Å²) < 4.78 is 27.8. The van der Waals surface area contributed by atoms with Crippen molar-refractivity contribution in [1.29, 1.82) is 0 Å². The fourth-order valence-electron chi connectivity index (χ4n) is 2.02. The number of hydrogen-bond donors (Lipinski definition) is 1. The van der Waals surface area contributed by atoms with Crippen LogP contribution in [0, 0.1) is 0 Å². The zero-order valence-corrected chi connectivity index (χ0v) is 10.4. The van der Waals surface area contributed by atoms with Crippen LogP contribution in [0.5, 0.6) is 0 Å². The molecule has 0 aliphatic heterocycles. The number of hydrogen-bond acceptors (Lipinski definition) is 4. The molecule has 3 aromatic rings. The molecule has 6 nitrogen and oxygen atoms in total. The molecule has 0 spiro atoms. The molecule has 3 heterocycles. The van der Waals surface area contributed by atoms with Gasteiger partial charge >= 0.3 is 5.97 Å². The van der Waals surface area contributed by atoms with E-state index in [1.165, 1.54) is 18.6 Å². The van der Waals surface area contributed by atoms with Gasteiger partial charge < -0.3 is 5.11 Å². The molecule has 3 aromatic heterocycles. The number of alkyl halides is 2. The second kappa shape index (κ2) is 4.89. The van der Waals surface area contributed by atoms with Gasteiger partial charge in [-0.15, -0.1) is 0 Å². The van der Waals surface area contributed by atoms with Crippen LogP contribution in [0.25, 0.3) is 16.8 Å². The molecule has 106 valence electrons. The lowest BCUT2D eigenvalue weighted by atomic mass is 10.1. The summed E-state index contributed by atoms with van der Waals surface area (Å²) >= 11 is 0. The predicted octanol–water partition coefficient (Wildman–Crippen LogP) is 2.43. The summed E-state index contributed by atoms with van der Waals surface area (Å²) in [5.41, 5.74) is -0.252. The van der Waals surface area contributed by atoms with Crippen molar-refractivity contribution < 1.29 is 18.7 Å². The Hall–Kier alpha value is -2.90. The van der Waals surface area contributed by atoms with Crippen molar-refractivity contribution >= 4 is 11.6 Å². The Morgan fingerprint density at radius 3 is 2.76 bits per heavy atom. The van der Waals surface area contributed by atoms with E-state index in [4.69, 9.17) is 5.11 Å². The molecule has 0 unspecified atom stereocenters. The largest absolute Gasteiger partial charge is 0.476 e. The number of rotatable bonds is 3. The monoisotopic (exact) mass is 290 g/mol. The quantitative estimate of drug-likeness (QED) is 0.801. The standard InChI is InChI=1S/C13H8F2N4O2/c14-11(15)10-8(7-2-1-3-16-4-7)5-17-19-6-9(13(20)21)18-12(10)19/h1-6,11H,(H,20,21). The van der Waals surface area contributed by atoms with Crippen LogP contribution in [0.3, 0.4) is 0 Å². The Labute approximate surface area is 116 Å². The number of fused-ring (bicyclic) bond motifs is 1. The van der Waals surface area contributed by atoms with Crippen molar-refractivity contribution in [1.82, 2.24) is 19.6 Å². The van der Waals surface area contributed by atoms with Crippen LogP contribution in [-0.2, 0) is 0 Å². The first kappa shape index (κ1) is 13.1. The van der Waals surface area contributed by atoms with E-state index < -0.39 is 12.4 Å². The highest BCUT2D eigenvalue weighted by Crippen LogP contribution is 2.32. The van der Waals surface area contributed by atoms with Crippen molar-refractivity contribution in [3.8, 4) is 11.1 Å². The Morgan fingerprint density at radius 1 is 1.33 bits per heavy atom. The second-order valence-electron chi connectivity index (χ2n) is 4.21. The zero-order valence-electron chi connectivity index (χ0n) is 10.4. The molecule has 3 rings (SSSR count). The van der Waals surface area contributed by atoms with Crippen molar-refractivity contribution in [3.05, 3.63) is 48.2 Å². The number of pyridine rings is 1. The van der Waals surface area contributed by atoms with E-state index in [1.54, 1.807) is 12.1 Å². The Kier molecular flexibility index (Phi) is 3.05. The molecule has 0 aromatic carbocycles. The molecule has 0 fully saturated rings. The Balaban J connectivity index is 2.31. The Bertz CT molecular complexity index is 818. The molecular formula is C13H8F2N4O2. The van der Waals surface area contributed by atoms with Crippen molar-refractivity contribution in [2.45, 2.75) is 6.43 Å². The lowest BCUT2D eigenvalue weighted by Gasteiger charge is -2.09. The molecule has 0 aliphatic carbocycles.